The molecule has 0 amide bonds. The molecule has 2 saturated carbocycles. The van der Waals surface area contributed by atoms with Crippen LogP contribution in [0.5, 0.6) is 5.75 Å². The fourth-order valence-corrected chi connectivity index (χ4v) is 6.04. The molecule has 0 aliphatic heterocycles. The van der Waals surface area contributed by atoms with Crippen LogP contribution >= 0.6 is 0 Å². The second-order valence-electron chi connectivity index (χ2n) is 9.34. The SMILES string of the molecule is COc1cnc([C@@H](C)[C@H](C)S(=O)(=O)Cc2nnc(-c3cccc(C)n3)n2C2CC23CC3)nc1. The molecule has 3 heterocycles. The van der Waals surface area contributed by atoms with Crippen molar-refractivity contribution in [2.24, 2.45) is 5.41 Å². The molecule has 10 heteroatoms. The summed E-state index contributed by atoms with van der Waals surface area (Å²) in [5.74, 6) is 1.57. The third-order valence-corrected chi connectivity index (χ3v) is 9.33. The molecule has 1 unspecified atom stereocenters. The zero-order chi connectivity index (χ0) is 23.4. The number of aromatic nitrogens is 6. The van der Waals surface area contributed by atoms with Crippen molar-refractivity contribution in [1.82, 2.24) is 29.7 Å². The molecule has 9 nitrogen and oxygen atoms in total. The Bertz CT molecular complexity index is 1280. The lowest BCUT2D eigenvalue weighted by Gasteiger charge is -2.19. The van der Waals surface area contributed by atoms with Gasteiger partial charge in [-0.05, 0) is 50.7 Å². The average Bonchev–Trinajstić information content (AvgIpc) is 3.70. The molecular formula is C23H28N6O3S. The van der Waals surface area contributed by atoms with Crippen molar-refractivity contribution in [1.29, 1.82) is 0 Å². The summed E-state index contributed by atoms with van der Waals surface area (Å²) in [7, 11) is -2.01. The normalized spacial score (nSPS) is 20.4. The molecule has 0 bridgehead atoms. The van der Waals surface area contributed by atoms with E-state index in [9.17, 15) is 8.42 Å². The van der Waals surface area contributed by atoms with Crippen molar-refractivity contribution >= 4 is 9.84 Å². The van der Waals surface area contributed by atoms with Crippen LogP contribution in [0, 0.1) is 12.3 Å². The van der Waals surface area contributed by atoms with Gasteiger partial charge in [0.15, 0.2) is 21.4 Å². The van der Waals surface area contributed by atoms with Gasteiger partial charge in [-0.1, -0.05) is 13.0 Å². The minimum atomic E-state index is -3.55. The van der Waals surface area contributed by atoms with Gasteiger partial charge in [-0.15, -0.1) is 10.2 Å². The van der Waals surface area contributed by atoms with Gasteiger partial charge in [0.1, 0.15) is 23.1 Å². The van der Waals surface area contributed by atoms with Gasteiger partial charge in [0.25, 0.3) is 0 Å². The highest BCUT2D eigenvalue weighted by Gasteiger charge is 2.64. The van der Waals surface area contributed by atoms with E-state index in [2.05, 4.69) is 25.1 Å². The summed E-state index contributed by atoms with van der Waals surface area (Å²) < 4.78 is 34.0. The molecule has 3 aromatic heterocycles. The van der Waals surface area contributed by atoms with Crippen molar-refractivity contribution in [3.63, 3.8) is 0 Å². The van der Waals surface area contributed by atoms with Crippen LogP contribution in [0.2, 0.25) is 0 Å². The summed E-state index contributed by atoms with van der Waals surface area (Å²) in [4.78, 5) is 13.2. The largest absolute Gasteiger partial charge is 0.494 e. The summed E-state index contributed by atoms with van der Waals surface area (Å²) in [6.45, 7) is 5.47. The van der Waals surface area contributed by atoms with Crippen LogP contribution in [0.25, 0.3) is 11.5 Å². The third kappa shape index (κ3) is 4.01. The molecule has 0 radical (unpaired) electrons. The highest BCUT2D eigenvalue weighted by atomic mass is 32.2. The van der Waals surface area contributed by atoms with Gasteiger partial charge in [0, 0.05) is 17.7 Å². The standard InChI is InChI=1S/C23H28N6O3S/c1-14-6-5-7-18(26-14)22-28-27-20(29(22)19-10-23(19)8-9-23)13-33(30,31)16(3)15(2)21-24-11-17(32-4)12-25-21/h5-7,11-12,15-16,19H,8-10,13H2,1-4H3/t15-,16-,19?/m0/s1. The van der Waals surface area contributed by atoms with Gasteiger partial charge in [-0.2, -0.15) is 0 Å². The van der Waals surface area contributed by atoms with Crippen molar-refractivity contribution in [2.45, 2.75) is 63.0 Å². The molecule has 2 fully saturated rings. The number of hydrogen-bond donors (Lipinski definition) is 0. The molecule has 2 aliphatic carbocycles. The molecule has 0 N–H and O–H groups in total. The minimum absolute atomic E-state index is 0.180. The summed E-state index contributed by atoms with van der Waals surface area (Å²) in [5, 5.41) is 8.05. The van der Waals surface area contributed by atoms with E-state index < -0.39 is 15.1 Å². The monoisotopic (exact) mass is 468 g/mol. The predicted octanol–water partition coefficient (Wildman–Crippen LogP) is 3.28. The molecule has 0 saturated heterocycles. The lowest BCUT2D eigenvalue weighted by atomic mass is 10.1. The minimum Gasteiger partial charge on any atom is -0.494 e. The zero-order valence-electron chi connectivity index (χ0n) is 19.3. The van der Waals surface area contributed by atoms with Gasteiger partial charge in [-0.3, -0.25) is 0 Å². The van der Waals surface area contributed by atoms with Gasteiger partial charge < -0.3 is 9.30 Å². The number of ether oxygens (including phenoxy) is 1. The molecule has 174 valence electrons. The first-order valence-electron chi connectivity index (χ1n) is 11.2. The van der Waals surface area contributed by atoms with Gasteiger partial charge in [-0.25, -0.2) is 23.4 Å². The number of pyridine rings is 1. The van der Waals surface area contributed by atoms with E-state index in [0.717, 1.165) is 17.8 Å². The molecule has 1 spiro atoms. The second-order valence-corrected chi connectivity index (χ2v) is 11.7. The molecule has 5 rings (SSSR count). The van der Waals surface area contributed by atoms with Gasteiger partial charge >= 0.3 is 0 Å². The Labute approximate surface area is 193 Å². The van der Waals surface area contributed by atoms with Crippen molar-refractivity contribution in [3.05, 3.63) is 47.9 Å². The molecule has 3 atom stereocenters. The summed E-state index contributed by atoms with van der Waals surface area (Å²) in [6, 6.07) is 6.01. The number of nitrogens with zero attached hydrogens (tertiary/aromatic N) is 6. The van der Waals surface area contributed by atoms with Gasteiger partial charge in [0.2, 0.25) is 0 Å². The topological polar surface area (TPSA) is 113 Å². The number of methoxy groups -OCH3 is 1. The van der Waals surface area contributed by atoms with Crippen molar-refractivity contribution < 1.29 is 13.2 Å². The van der Waals surface area contributed by atoms with E-state index in [4.69, 9.17) is 4.74 Å². The maximum Gasteiger partial charge on any atom is 0.182 e. The molecule has 33 heavy (non-hydrogen) atoms. The van der Waals surface area contributed by atoms with Crippen LogP contribution in [-0.2, 0) is 15.6 Å². The Morgan fingerprint density at radius 1 is 1.18 bits per heavy atom. The first kappa shape index (κ1) is 21.9. The zero-order valence-corrected chi connectivity index (χ0v) is 20.1. The van der Waals surface area contributed by atoms with E-state index in [1.54, 1.807) is 19.3 Å². The summed E-state index contributed by atoms with van der Waals surface area (Å²) in [5.41, 5.74) is 1.91. The van der Waals surface area contributed by atoms with E-state index >= 15 is 0 Å². The van der Waals surface area contributed by atoms with Crippen molar-refractivity contribution in [2.75, 3.05) is 7.11 Å². The van der Waals surface area contributed by atoms with Gasteiger partial charge in [0.05, 0.1) is 24.8 Å². The smallest absolute Gasteiger partial charge is 0.182 e. The Hall–Kier alpha value is -2.88. The second kappa shape index (κ2) is 7.86. The first-order valence-corrected chi connectivity index (χ1v) is 12.9. The van der Waals surface area contributed by atoms with E-state index in [-0.39, 0.29) is 17.7 Å². The number of rotatable bonds is 8. The summed E-state index contributed by atoms with van der Waals surface area (Å²) >= 11 is 0. The van der Waals surface area contributed by atoms with E-state index in [0.29, 0.717) is 28.6 Å². The number of aryl methyl sites for hydroxylation is 1. The van der Waals surface area contributed by atoms with E-state index in [1.807, 2.05) is 36.6 Å². The maximum absolute atomic E-state index is 13.4. The van der Waals surface area contributed by atoms with Crippen LogP contribution in [-0.4, -0.2) is 50.5 Å². The van der Waals surface area contributed by atoms with Crippen LogP contribution in [0.15, 0.2) is 30.6 Å². The van der Waals surface area contributed by atoms with Crippen LogP contribution < -0.4 is 4.74 Å². The fourth-order valence-electron chi connectivity index (χ4n) is 4.48. The Morgan fingerprint density at radius 2 is 1.91 bits per heavy atom. The Morgan fingerprint density at radius 3 is 2.52 bits per heavy atom. The lowest BCUT2D eigenvalue weighted by Crippen LogP contribution is -2.27. The summed E-state index contributed by atoms with van der Waals surface area (Å²) in [6.07, 6.45) is 6.49. The van der Waals surface area contributed by atoms with Crippen LogP contribution in [0.4, 0.5) is 0 Å². The number of sulfone groups is 1. The highest BCUT2D eigenvalue weighted by Crippen LogP contribution is 2.73. The number of hydrogen-bond acceptors (Lipinski definition) is 8. The molecule has 3 aromatic rings. The first-order chi connectivity index (χ1) is 15.7. The Kier molecular flexibility index (Phi) is 5.23. The molecule has 0 aromatic carbocycles. The lowest BCUT2D eigenvalue weighted by molar-refractivity contribution is 0.409. The van der Waals surface area contributed by atoms with E-state index in [1.165, 1.54) is 20.0 Å². The third-order valence-electron chi connectivity index (χ3n) is 7.13. The fraction of sp³-hybridized carbons (Fsp3) is 0.522. The average molecular weight is 469 g/mol. The maximum atomic E-state index is 13.4. The molecular weight excluding hydrogens is 440 g/mol. The quantitative estimate of drug-likeness (QED) is 0.495. The van der Waals surface area contributed by atoms with Crippen LogP contribution in [0.3, 0.4) is 0 Å². The molecule has 2 aliphatic rings. The van der Waals surface area contributed by atoms with Crippen LogP contribution in [0.1, 0.15) is 62.4 Å². The highest BCUT2D eigenvalue weighted by molar-refractivity contribution is 7.91. The predicted molar refractivity (Wildman–Crippen MR) is 122 cm³/mol. The Balaban J connectivity index is 1.44. The van der Waals surface area contributed by atoms with Crippen molar-refractivity contribution in [3.8, 4) is 17.3 Å².